The molecule has 2 rings (SSSR count). The molecule has 0 spiro atoms. The van der Waals surface area contributed by atoms with E-state index in [-0.39, 0.29) is 10.6 Å². The van der Waals surface area contributed by atoms with Crippen molar-refractivity contribution in [2.24, 2.45) is 0 Å². The van der Waals surface area contributed by atoms with Crippen LogP contribution in [0.2, 0.25) is 0 Å². The number of carboxylic acids is 1. The molecule has 0 amide bonds. The van der Waals surface area contributed by atoms with Gasteiger partial charge in [-0.1, -0.05) is 19.1 Å². The fourth-order valence-electron chi connectivity index (χ4n) is 2.22. The molecular formula is C13H18N2O4S. The number of sulfonamides is 1. The molecule has 1 aromatic rings. The van der Waals surface area contributed by atoms with Crippen molar-refractivity contribution in [3.05, 3.63) is 30.1 Å². The van der Waals surface area contributed by atoms with Gasteiger partial charge >= 0.3 is 5.97 Å². The van der Waals surface area contributed by atoms with E-state index in [1.807, 2.05) is 19.1 Å². The molecule has 1 aliphatic heterocycles. The first-order valence-corrected chi connectivity index (χ1v) is 7.99. The highest BCUT2D eigenvalue weighted by Crippen LogP contribution is 2.21. The molecule has 2 heterocycles. The molecule has 7 heteroatoms. The number of aromatic carboxylic acids is 1. The van der Waals surface area contributed by atoms with Crippen molar-refractivity contribution in [1.82, 2.24) is 8.87 Å². The summed E-state index contributed by atoms with van der Waals surface area (Å²) >= 11 is 0. The average molecular weight is 298 g/mol. The molecule has 0 saturated carbocycles. The number of carboxylic acid groups (broad SMARTS) is 1. The van der Waals surface area contributed by atoms with E-state index in [1.54, 1.807) is 0 Å². The van der Waals surface area contributed by atoms with Gasteiger partial charge in [-0.3, -0.25) is 0 Å². The van der Waals surface area contributed by atoms with Gasteiger partial charge in [-0.15, -0.1) is 0 Å². The lowest BCUT2D eigenvalue weighted by Crippen LogP contribution is -2.33. The average Bonchev–Trinajstić information content (AvgIpc) is 2.85. The molecular weight excluding hydrogens is 280 g/mol. The largest absolute Gasteiger partial charge is 0.477 e. The van der Waals surface area contributed by atoms with E-state index in [2.05, 4.69) is 0 Å². The van der Waals surface area contributed by atoms with Gasteiger partial charge in [0.1, 0.15) is 10.6 Å². The maximum atomic E-state index is 12.5. The van der Waals surface area contributed by atoms with Crippen LogP contribution in [-0.2, 0) is 16.6 Å². The number of aromatic nitrogens is 1. The van der Waals surface area contributed by atoms with Gasteiger partial charge in [0.25, 0.3) is 0 Å². The molecule has 0 fully saturated rings. The second kappa shape index (κ2) is 5.80. The molecule has 0 aliphatic carbocycles. The molecule has 1 aliphatic rings. The Bertz CT molecular complexity index is 631. The fourth-order valence-corrected chi connectivity index (χ4v) is 3.66. The summed E-state index contributed by atoms with van der Waals surface area (Å²) in [6.45, 7) is 3.16. The van der Waals surface area contributed by atoms with Crippen LogP contribution in [0.5, 0.6) is 0 Å². The van der Waals surface area contributed by atoms with Crippen LogP contribution in [0.3, 0.4) is 0 Å². The monoisotopic (exact) mass is 298 g/mol. The van der Waals surface area contributed by atoms with E-state index in [9.17, 15) is 13.2 Å². The van der Waals surface area contributed by atoms with Gasteiger partial charge in [0.2, 0.25) is 10.0 Å². The Balaban J connectivity index is 2.39. The number of nitrogens with zero attached hydrogens (tertiary/aromatic N) is 2. The SMILES string of the molecule is CCCn1cc(S(=O)(=O)N2CC=CCC2)cc1C(=O)O. The van der Waals surface area contributed by atoms with E-state index in [1.165, 1.54) is 21.1 Å². The van der Waals surface area contributed by atoms with Crippen molar-refractivity contribution < 1.29 is 18.3 Å². The summed E-state index contributed by atoms with van der Waals surface area (Å²) in [5, 5.41) is 9.14. The summed E-state index contributed by atoms with van der Waals surface area (Å²) in [6.07, 6.45) is 6.58. The smallest absolute Gasteiger partial charge is 0.352 e. The quantitative estimate of drug-likeness (QED) is 0.836. The van der Waals surface area contributed by atoms with Crippen LogP contribution in [-0.4, -0.2) is 41.5 Å². The molecule has 0 unspecified atom stereocenters. The predicted molar refractivity (Wildman–Crippen MR) is 74.2 cm³/mol. The molecule has 110 valence electrons. The van der Waals surface area contributed by atoms with E-state index in [0.717, 1.165) is 6.42 Å². The van der Waals surface area contributed by atoms with Gasteiger partial charge < -0.3 is 9.67 Å². The summed E-state index contributed by atoms with van der Waals surface area (Å²) in [6, 6.07) is 1.24. The maximum absolute atomic E-state index is 12.5. The van der Waals surface area contributed by atoms with E-state index in [4.69, 9.17) is 5.11 Å². The zero-order valence-corrected chi connectivity index (χ0v) is 12.1. The van der Waals surface area contributed by atoms with Crippen molar-refractivity contribution >= 4 is 16.0 Å². The molecule has 0 atom stereocenters. The summed E-state index contributed by atoms with van der Waals surface area (Å²) < 4.78 is 27.8. The van der Waals surface area contributed by atoms with E-state index >= 15 is 0 Å². The minimum atomic E-state index is -3.62. The highest BCUT2D eigenvalue weighted by Gasteiger charge is 2.27. The van der Waals surface area contributed by atoms with Crippen LogP contribution >= 0.6 is 0 Å². The van der Waals surface area contributed by atoms with Crippen LogP contribution in [0, 0.1) is 0 Å². The Labute approximate surface area is 118 Å². The summed E-state index contributed by atoms with van der Waals surface area (Å²) in [4.78, 5) is 11.2. The normalized spacial score (nSPS) is 16.4. The second-order valence-corrected chi connectivity index (χ2v) is 6.62. The number of hydrogen-bond donors (Lipinski definition) is 1. The highest BCUT2D eigenvalue weighted by molar-refractivity contribution is 7.89. The third-order valence-corrected chi connectivity index (χ3v) is 5.04. The van der Waals surface area contributed by atoms with Gasteiger partial charge in [-0.05, 0) is 18.9 Å². The zero-order chi connectivity index (χ0) is 14.8. The van der Waals surface area contributed by atoms with Crippen LogP contribution < -0.4 is 0 Å². The predicted octanol–water partition coefficient (Wildman–Crippen LogP) is 1.55. The first-order chi connectivity index (χ1) is 9.46. The number of rotatable bonds is 5. The second-order valence-electron chi connectivity index (χ2n) is 4.68. The third-order valence-electron chi connectivity index (χ3n) is 3.21. The highest BCUT2D eigenvalue weighted by atomic mass is 32.2. The zero-order valence-electron chi connectivity index (χ0n) is 11.3. The minimum absolute atomic E-state index is 0.0120. The molecule has 0 radical (unpaired) electrons. The molecule has 20 heavy (non-hydrogen) atoms. The summed E-state index contributed by atoms with van der Waals surface area (Å²) in [5.74, 6) is -1.11. The van der Waals surface area contributed by atoms with Crippen molar-refractivity contribution in [2.45, 2.75) is 31.2 Å². The fraction of sp³-hybridized carbons (Fsp3) is 0.462. The molecule has 0 saturated heterocycles. The summed E-state index contributed by atoms with van der Waals surface area (Å²) in [5.41, 5.74) is 0.0120. The molecule has 0 aromatic carbocycles. The first-order valence-electron chi connectivity index (χ1n) is 6.55. The van der Waals surface area contributed by atoms with Gasteiger partial charge in [0, 0.05) is 25.8 Å². The van der Waals surface area contributed by atoms with Gasteiger partial charge in [-0.2, -0.15) is 4.31 Å². The molecule has 1 aromatic heterocycles. The van der Waals surface area contributed by atoms with E-state index in [0.29, 0.717) is 26.1 Å². The van der Waals surface area contributed by atoms with Crippen molar-refractivity contribution in [3.8, 4) is 0 Å². The van der Waals surface area contributed by atoms with Crippen molar-refractivity contribution in [3.63, 3.8) is 0 Å². The standard InChI is InChI=1S/C13H18N2O4S/c1-2-6-14-10-11(9-12(14)13(16)17)20(18,19)15-7-4-3-5-8-15/h3-4,9-10H,2,5-8H2,1H3,(H,16,17). The lowest BCUT2D eigenvalue weighted by molar-refractivity contribution is 0.0685. The number of aryl methyl sites for hydroxylation is 1. The number of hydrogen-bond acceptors (Lipinski definition) is 3. The van der Waals surface area contributed by atoms with Crippen LogP contribution in [0.15, 0.2) is 29.3 Å². The topological polar surface area (TPSA) is 79.6 Å². The minimum Gasteiger partial charge on any atom is -0.477 e. The lowest BCUT2D eigenvalue weighted by atomic mass is 10.3. The van der Waals surface area contributed by atoms with Gasteiger partial charge in [-0.25, -0.2) is 13.2 Å². The molecule has 6 nitrogen and oxygen atoms in total. The van der Waals surface area contributed by atoms with Crippen molar-refractivity contribution in [2.75, 3.05) is 13.1 Å². The van der Waals surface area contributed by atoms with Crippen LogP contribution in [0.4, 0.5) is 0 Å². The Morgan fingerprint density at radius 1 is 1.40 bits per heavy atom. The van der Waals surface area contributed by atoms with E-state index < -0.39 is 16.0 Å². The van der Waals surface area contributed by atoms with Crippen LogP contribution in [0.1, 0.15) is 30.3 Å². The number of carbonyl (C=O) groups is 1. The maximum Gasteiger partial charge on any atom is 0.352 e. The Morgan fingerprint density at radius 2 is 2.15 bits per heavy atom. The molecule has 1 N–H and O–H groups in total. The molecule has 0 bridgehead atoms. The lowest BCUT2D eigenvalue weighted by Gasteiger charge is -2.21. The Morgan fingerprint density at radius 3 is 2.70 bits per heavy atom. The van der Waals surface area contributed by atoms with Gasteiger partial charge in [0.05, 0.1) is 0 Å². The first kappa shape index (κ1) is 14.8. The van der Waals surface area contributed by atoms with Crippen molar-refractivity contribution in [1.29, 1.82) is 0 Å². The summed E-state index contributed by atoms with van der Waals surface area (Å²) in [7, 11) is -3.62. The Kier molecular flexibility index (Phi) is 4.29. The van der Waals surface area contributed by atoms with Gasteiger partial charge in [0.15, 0.2) is 0 Å². The van der Waals surface area contributed by atoms with Crippen LogP contribution in [0.25, 0.3) is 0 Å². The third kappa shape index (κ3) is 2.78. The Hall–Kier alpha value is -1.60.